The van der Waals surface area contributed by atoms with Gasteiger partial charge < -0.3 is 25.2 Å². The van der Waals surface area contributed by atoms with Crippen LogP contribution in [0.5, 0.6) is 11.5 Å². The number of halogens is 1. The number of hydrogen-bond donors (Lipinski definition) is 3. The van der Waals surface area contributed by atoms with E-state index in [2.05, 4.69) is 17.2 Å². The first kappa shape index (κ1) is 18.8. The van der Waals surface area contributed by atoms with E-state index in [4.69, 9.17) is 21.1 Å². The third kappa shape index (κ3) is 6.66. The second-order valence-electron chi connectivity index (χ2n) is 5.15. The van der Waals surface area contributed by atoms with Crippen molar-refractivity contribution in [3.8, 4) is 11.5 Å². The van der Waals surface area contributed by atoms with Crippen molar-refractivity contribution in [3.63, 3.8) is 0 Å². The highest BCUT2D eigenvalue weighted by Gasteiger charge is 2.12. The van der Waals surface area contributed by atoms with Gasteiger partial charge in [-0.15, -0.1) is 0 Å². The monoisotopic (exact) mass is 330 g/mol. The topological polar surface area (TPSA) is 71.9 Å². The Balaban J connectivity index is 2.50. The van der Waals surface area contributed by atoms with Gasteiger partial charge in [-0.25, -0.2) is 0 Å². The number of hydrogen-bond acceptors (Lipinski definition) is 3. The highest BCUT2D eigenvalue weighted by atomic mass is 35.5. The smallest absolute Gasteiger partial charge is 0.180 e. The fourth-order valence-corrected chi connectivity index (χ4v) is 2.32. The van der Waals surface area contributed by atoms with E-state index in [1.165, 1.54) is 0 Å². The zero-order valence-corrected chi connectivity index (χ0v) is 14.1. The van der Waals surface area contributed by atoms with Crippen molar-refractivity contribution >= 4 is 11.6 Å². The van der Waals surface area contributed by atoms with Crippen molar-refractivity contribution < 1.29 is 25.2 Å². The molecule has 0 spiro atoms. The molecule has 5 N–H and O–H groups in total. The summed E-state index contributed by atoms with van der Waals surface area (Å²) >= 11 is 6.26. The van der Waals surface area contributed by atoms with Crippen molar-refractivity contribution in [2.75, 3.05) is 33.4 Å². The minimum absolute atomic E-state index is 0.258. The highest BCUT2D eigenvalue weighted by Crippen LogP contribution is 2.36. The Kier molecular flexibility index (Phi) is 8.92. The average molecular weight is 331 g/mol. The Morgan fingerprint density at radius 3 is 2.73 bits per heavy atom. The second-order valence-corrected chi connectivity index (χ2v) is 5.56. The van der Waals surface area contributed by atoms with Gasteiger partial charge in [-0.05, 0) is 19.1 Å². The minimum atomic E-state index is -0.258. The first-order valence-electron chi connectivity index (χ1n) is 7.50. The lowest BCUT2D eigenvalue weighted by atomic mass is 10.2. The van der Waals surface area contributed by atoms with Gasteiger partial charge in [0.15, 0.2) is 11.5 Å². The van der Waals surface area contributed by atoms with Gasteiger partial charge in [0, 0.05) is 5.56 Å². The molecule has 0 aromatic heterocycles. The van der Waals surface area contributed by atoms with Crippen molar-refractivity contribution in [2.24, 2.45) is 0 Å². The number of nitrogens with two attached hydrogens (primary N) is 2. The summed E-state index contributed by atoms with van der Waals surface area (Å²) in [6, 6.07) is 3.85. The molecular weight excluding hydrogens is 304 g/mol. The molecule has 22 heavy (non-hydrogen) atoms. The molecule has 0 fully saturated rings. The highest BCUT2D eigenvalue weighted by molar-refractivity contribution is 6.32. The Labute approximate surface area is 137 Å². The average Bonchev–Trinajstić information content (AvgIpc) is 2.48. The maximum atomic E-state index is 9.17. The van der Waals surface area contributed by atoms with Gasteiger partial charge in [0.2, 0.25) is 0 Å². The lowest BCUT2D eigenvalue weighted by Gasteiger charge is -2.13. The molecule has 1 aromatic carbocycles. The third-order valence-electron chi connectivity index (χ3n) is 3.10. The summed E-state index contributed by atoms with van der Waals surface area (Å²) < 4.78 is 10.9. The summed E-state index contributed by atoms with van der Waals surface area (Å²) in [5, 5.41) is 14.0. The van der Waals surface area contributed by atoms with Crippen LogP contribution >= 0.6 is 11.6 Å². The molecule has 124 valence electrons. The van der Waals surface area contributed by atoms with Crippen LogP contribution in [0.15, 0.2) is 24.8 Å². The van der Waals surface area contributed by atoms with Crippen LogP contribution < -0.4 is 20.1 Å². The summed E-state index contributed by atoms with van der Waals surface area (Å²) in [4.78, 5) is 0. The zero-order valence-electron chi connectivity index (χ0n) is 13.3. The Morgan fingerprint density at radius 2 is 2.09 bits per heavy atom. The molecule has 0 aliphatic rings. The van der Waals surface area contributed by atoms with E-state index in [0.717, 1.165) is 31.7 Å². The summed E-state index contributed by atoms with van der Waals surface area (Å²) in [5.41, 5.74) is 1.09. The van der Waals surface area contributed by atoms with Crippen LogP contribution in [0.1, 0.15) is 12.5 Å². The maximum absolute atomic E-state index is 9.17. The van der Waals surface area contributed by atoms with E-state index in [-0.39, 0.29) is 6.10 Å². The number of rotatable bonds is 11. The standard InChI is InChI=1S/C16H25ClN2O3/c1-4-7-22-16-14(17)8-13(9-15(16)21-3)11-19-6-5-18-10-12(2)20/h4,8-9,12,18-20H,1,5-7,10-11H2,2-3H3/p+2/t12-/m1/s1. The second kappa shape index (κ2) is 10.5. The van der Waals surface area contributed by atoms with E-state index in [9.17, 15) is 5.11 Å². The normalized spacial score (nSPS) is 12.0. The quantitative estimate of drug-likeness (QED) is 0.392. The molecule has 0 aliphatic heterocycles. The van der Waals surface area contributed by atoms with Gasteiger partial charge in [0.25, 0.3) is 0 Å². The summed E-state index contributed by atoms with van der Waals surface area (Å²) in [6.45, 7) is 9.31. The van der Waals surface area contributed by atoms with E-state index in [0.29, 0.717) is 23.1 Å². The van der Waals surface area contributed by atoms with Gasteiger partial charge in [-0.2, -0.15) is 0 Å². The van der Waals surface area contributed by atoms with E-state index >= 15 is 0 Å². The van der Waals surface area contributed by atoms with Crippen molar-refractivity contribution in [3.05, 3.63) is 35.4 Å². The van der Waals surface area contributed by atoms with Gasteiger partial charge in [-0.1, -0.05) is 24.3 Å². The number of aliphatic hydroxyl groups excluding tert-OH is 1. The molecule has 6 heteroatoms. The number of benzene rings is 1. The van der Waals surface area contributed by atoms with Crippen LogP contribution in [0.4, 0.5) is 0 Å². The van der Waals surface area contributed by atoms with Crippen LogP contribution in [0.3, 0.4) is 0 Å². The van der Waals surface area contributed by atoms with E-state index in [1.807, 2.05) is 12.1 Å². The molecular formula is C16H27ClN2O3+2. The molecule has 1 atom stereocenters. The molecule has 0 heterocycles. The van der Waals surface area contributed by atoms with E-state index < -0.39 is 0 Å². The molecule has 5 nitrogen and oxygen atoms in total. The third-order valence-corrected chi connectivity index (χ3v) is 3.38. The summed E-state index contributed by atoms with van der Waals surface area (Å²) in [5.74, 6) is 1.19. The van der Waals surface area contributed by atoms with Crippen LogP contribution in [0, 0.1) is 0 Å². The fourth-order valence-electron chi connectivity index (χ4n) is 2.04. The molecule has 0 unspecified atom stereocenters. The number of methoxy groups -OCH3 is 1. The van der Waals surface area contributed by atoms with Crippen LogP contribution in [-0.4, -0.2) is 44.6 Å². The van der Waals surface area contributed by atoms with Crippen LogP contribution in [-0.2, 0) is 6.54 Å². The van der Waals surface area contributed by atoms with Crippen molar-refractivity contribution in [2.45, 2.75) is 19.6 Å². The molecule has 0 saturated carbocycles. The van der Waals surface area contributed by atoms with Gasteiger partial charge in [-0.3, -0.25) is 0 Å². The Hall–Kier alpha value is -1.27. The van der Waals surface area contributed by atoms with Gasteiger partial charge in [0.1, 0.15) is 32.8 Å². The maximum Gasteiger partial charge on any atom is 0.180 e. The first-order chi connectivity index (χ1) is 10.6. The Bertz CT molecular complexity index is 467. The molecule has 0 amide bonds. The zero-order chi connectivity index (χ0) is 16.4. The number of ether oxygens (including phenoxy) is 2. The molecule has 1 rings (SSSR count). The SMILES string of the molecule is C=CCOc1c(Cl)cc(C[NH2+]CC[NH2+]C[C@@H](C)O)cc1OC. The predicted molar refractivity (Wildman–Crippen MR) is 87.5 cm³/mol. The minimum Gasteiger partial charge on any atom is -0.493 e. The molecule has 1 aromatic rings. The molecule has 0 bridgehead atoms. The number of aliphatic hydroxyl groups is 1. The van der Waals surface area contributed by atoms with Crippen molar-refractivity contribution in [1.82, 2.24) is 0 Å². The Morgan fingerprint density at radius 1 is 1.36 bits per heavy atom. The van der Waals surface area contributed by atoms with E-state index in [1.54, 1.807) is 20.1 Å². The largest absolute Gasteiger partial charge is 0.493 e. The van der Waals surface area contributed by atoms with Gasteiger partial charge in [0.05, 0.1) is 18.2 Å². The summed E-state index contributed by atoms with van der Waals surface area (Å²) in [6.07, 6.45) is 1.41. The van der Waals surface area contributed by atoms with Crippen molar-refractivity contribution in [1.29, 1.82) is 0 Å². The lowest BCUT2D eigenvalue weighted by Crippen LogP contribution is -2.95. The molecule has 0 saturated heterocycles. The van der Waals surface area contributed by atoms with Crippen LogP contribution in [0.25, 0.3) is 0 Å². The molecule has 0 radical (unpaired) electrons. The van der Waals surface area contributed by atoms with Gasteiger partial charge >= 0.3 is 0 Å². The number of quaternary nitrogens is 2. The molecule has 0 aliphatic carbocycles. The summed E-state index contributed by atoms with van der Waals surface area (Å²) in [7, 11) is 1.60. The predicted octanol–water partition coefficient (Wildman–Crippen LogP) is -0.0790. The first-order valence-corrected chi connectivity index (χ1v) is 7.87. The van der Waals surface area contributed by atoms with Crippen LogP contribution in [0.2, 0.25) is 5.02 Å². The lowest BCUT2D eigenvalue weighted by molar-refractivity contribution is -0.733. The fraction of sp³-hybridized carbons (Fsp3) is 0.500.